The molecule has 8 rings (SSSR count). The van der Waals surface area contributed by atoms with E-state index in [-0.39, 0.29) is 137 Å². The van der Waals surface area contributed by atoms with Crippen LogP contribution in [-0.4, -0.2) is 107 Å². The molecule has 2 saturated heterocycles. The number of carbonyl (C=O) groups is 6. The zero-order valence-electron chi connectivity index (χ0n) is 46.1. The van der Waals surface area contributed by atoms with Gasteiger partial charge in [-0.2, -0.15) is 0 Å². The molecule has 0 bridgehead atoms. The van der Waals surface area contributed by atoms with E-state index in [0.29, 0.717) is 47.1 Å². The minimum Gasteiger partial charge on any atom is -0.587 e. The van der Waals surface area contributed by atoms with Crippen molar-refractivity contribution in [2.24, 2.45) is 34.5 Å². The van der Waals surface area contributed by atoms with Crippen molar-refractivity contribution in [3.05, 3.63) is 148 Å². The number of esters is 2. The third-order valence-electron chi connectivity index (χ3n) is 14.7. The van der Waals surface area contributed by atoms with Crippen LogP contribution in [0.15, 0.2) is 109 Å². The Balaban J connectivity index is 0.000000238. The molecular formula is C61H77KN2O12. The molecule has 4 aromatic rings. The first-order valence-electron chi connectivity index (χ1n) is 26.5. The van der Waals surface area contributed by atoms with Gasteiger partial charge in [0.15, 0.2) is 0 Å². The number of hydrogen-bond donors (Lipinski definition) is 2. The second kappa shape index (κ2) is 28.5. The monoisotopic (exact) mass is 1070 g/mol. The average molecular weight is 1070 g/mol. The Hall–Kier alpha value is -4.42. The van der Waals surface area contributed by atoms with E-state index < -0.39 is 28.7 Å². The Morgan fingerprint density at radius 3 is 1.29 bits per heavy atom. The van der Waals surface area contributed by atoms with Crippen molar-refractivity contribution < 1.29 is 109 Å². The van der Waals surface area contributed by atoms with Crippen molar-refractivity contribution in [3.8, 4) is 0 Å². The zero-order chi connectivity index (χ0) is 54.6. The second-order valence-electron chi connectivity index (χ2n) is 22.4. The van der Waals surface area contributed by atoms with Crippen molar-refractivity contribution in [3.63, 3.8) is 0 Å². The van der Waals surface area contributed by atoms with Gasteiger partial charge in [0.2, 0.25) is 0 Å². The number of carbonyl (C=O) groups excluding carboxylic acids is 6. The Labute approximate surface area is 491 Å². The number of nitrogens with zero attached hydrogens (tertiary/aromatic N) is 2. The van der Waals surface area contributed by atoms with Gasteiger partial charge in [-0.1, -0.05) is 118 Å². The third kappa shape index (κ3) is 16.8. The molecule has 4 heterocycles. The van der Waals surface area contributed by atoms with Gasteiger partial charge in [-0.3, -0.25) is 24.1 Å². The van der Waals surface area contributed by atoms with E-state index in [1.807, 2.05) is 72.7 Å². The average Bonchev–Trinajstić information content (AvgIpc) is 4.04. The van der Waals surface area contributed by atoms with Gasteiger partial charge in [0.1, 0.15) is 13.2 Å². The smallest absolute Gasteiger partial charge is 0.587 e. The summed E-state index contributed by atoms with van der Waals surface area (Å²) in [5, 5.41) is 24.3. The number of β-amino-alcohol motifs (C(OH)–C–C–N with tert-alkyl or cyclic N) is 1. The molecule has 404 valence electrons. The standard InChI is InChI=1S/C30H37NO6.C23H36O4.C8H5NO2.K/c1-19-22(15-14-20-10-6-5-7-11-20)26(18-36-29(35)30(2,3)4)37-25(19)16-21(32)17-31-27(33)23-12-8-9-13-24(23)28(31)34;1-6-18(24)14-20-16(2)19(13-12-17-10-8-7-9-11-17)21(27-20)15-26-22(25)23(3,4)5;10-7-5-3-1-2-4-6(5)8(11)9-7;/h5-13,19,21-22,25-26,32H,14-18H2,1-4H3;7-11,16,18-21,24H,6,12-15H2,1-5H3;1-4H,(H,9,10,11);/q;;;+1/p-1/t19-,21?,22?,25?,26+;16-,18?,19?,20-,21+;;/m11../s1. The Bertz CT molecular complexity index is 2510. The number of aliphatic hydroxyl groups excluding tert-OH is 2. The zero-order valence-corrected chi connectivity index (χ0v) is 49.2. The second-order valence-corrected chi connectivity index (χ2v) is 22.4. The molecule has 5 unspecified atom stereocenters. The van der Waals surface area contributed by atoms with Gasteiger partial charge in [0, 0.05) is 17.5 Å². The van der Waals surface area contributed by atoms with Crippen LogP contribution in [0.1, 0.15) is 147 Å². The molecule has 4 aromatic carbocycles. The maximum Gasteiger partial charge on any atom is 1.00 e. The quantitative estimate of drug-likeness (QED) is 0.0624. The van der Waals surface area contributed by atoms with Gasteiger partial charge < -0.3 is 44.1 Å². The van der Waals surface area contributed by atoms with Crippen LogP contribution in [-0.2, 0) is 41.4 Å². The molecule has 0 radical (unpaired) electrons. The maximum absolute atomic E-state index is 12.7. The Morgan fingerprint density at radius 2 is 0.921 bits per heavy atom. The van der Waals surface area contributed by atoms with E-state index in [2.05, 4.69) is 55.6 Å². The largest absolute Gasteiger partial charge is 1.00 e. The van der Waals surface area contributed by atoms with E-state index in [0.717, 1.165) is 37.0 Å². The number of benzene rings is 4. The molecule has 10 atom stereocenters. The first kappa shape index (κ1) is 62.4. The maximum atomic E-state index is 12.7. The van der Waals surface area contributed by atoms with E-state index in [4.69, 9.17) is 18.9 Å². The molecule has 15 heteroatoms. The molecule has 4 amide bonds. The molecule has 2 fully saturated rings. The number of aliphatic hydroxyl groups is 2. The topological polar surface area (TPSA) is 197 Å². The van der Waals surface area contributed by atoms with Crippen LogP contribution in [0.5, 0.6) is 0 Å². The molecule has 4 aliphatic heterocycles. The van der Waals surface area contributed by atoms with E-state index in [9.17, 15) is 39.0 Å². The van der Waals surface area contributed by atoms with Crippen LogP contribution in [0.4, 0.5) is 0 Å². The molecule has 0 aromatic heterocycles. The summed E-state index contributed by atoms with van der Waals surface area (Å²) in [5.74, 6) is -1.22. The van der Waals surface area contributed by atoms with Gasteiger partial charge in [0.05, 0.1) is 76.9 Å². The van der Waals surface area contributed by atoms with Crippen molar-refractivity contribution in [2.75, 3.05) is 19.8 Å². The van der Waals surface area contributed by atoms with Gasteiger partial charge in [0.25, 0.3) is 11.8 Å². The molecule has 14 nitrogen and oxygen atoms in total. The van der Waals surface area contributed by atoms with Crippen molar-refractivity contribution in [2.45, 2.75) is 144 Å². The van der Waals surface area contributed by atoms with Gasteiger partial charge in [-0.05, 0) is 127 Å². The molecule has 2 N–H and O–H groups in total. The minimum absolute atomic E-state index is 0. The fourth-order valence-corrected chi connectivity index (χ4v) is 10.1. The number of ether oxygens (including phenoxy) is 4. The summed E-state index contributed by atoms with van der Waals surface area (Å²) in [7, 11) is 0. The first-order valence-corrected chi connectivity index (χ1v) is 26.5. The Morgan fingerprint density at radius 1 is 0.566 bits per heavy atom. The van der Waals surface area contributed by atoms with Crippen molar-refractivity contribution in [1.82, 2.24) is 4.90 Å². The van der Waals surface area contributed by atoms with Crippen LogP contribution in [0, 0.1) is 34.5 Å². The number of amides is 4. The summed E-state index contributed by atoms with van der Waals surface area (Å²) in [6.45, 7) is 17.7. The van der Waals surface area contributed by atoms with E-state index in [1.165, 1.54) is 11.1 Å². The molecule has 76 heavy (non-hydrogen) atoms. The van der Waals surface area contributed by atoms with Crippen LogP contribution in [0.2, 0.25) is 0 Å². The summed E-state index contributed by atoms with van der Waals surface area (Å²) >= 11 is 0. The fraction of sp³-hybridized carbons (Fsp3) is 0.508. The summed E-state index contributed by atoms with van der Waals surface area (Å²) in [6, 6.07) is 34.0. The van der Waals surface area contributed by atoms with Gasteiger partial charge in [-0.15, -0.1) is 0 Å². The normalized spacial score (nSPS) is 23.4. The van der Waals surface area contributed by atoms with Crippen molar-refractivity contribution in [1.29, 1.82) is 0 Å². The SMILES string of the molecule is CCC(O)C[C@H]1O[C@@H](COC(=O)C(C)(C)C)C(CCc2ccccc2)[C@H]1C.C[C@H]1C(CC(O)CN2C(=O)c3ccccc3C2=O)O[C@@H](COC(=O)C(C)(C)C)C1CCc1ccccc1.O=C1[N-]C(=O)c2ccccc21.[K+]. The van der Waals surface area contributed by atoms with Crippen LogP contribution >= 0.6 is 0 Å². The summed E-state index contributed by atoms with van der Waals surface area (Å²) < 4.78 is 23.8. The molecular weight excluding hydrogens is 992 g/mol. The van der Waals surface area contributed by atoms with Gasteiger partial charge >= 0.3 is 63.3 Å². The number of hydrogen-bond acceptors (Lipinski definition) is 12. The number of rotatable bonds is 17. The molecule has 0 aliphatic carbocycles. The summed E-state index contributed by atoms with van der Waals surface area (Å²) in [5.41, 5.74) is 2.99. The number of imide groups is 2. The van der Waals surface area contributed by atoms with Crippen LogP contribution in [0.25, 0.3) is 5.32 Å². The number of aryl methyl sites for hydroxylation is 2. The molecule has 0 spiro atoms. The van der Waals surface area contributed by atoms with E-state index >= 15 is 0 Å². The molecule has 4 aliphatic rings. The predicted octanol–water partition coefficient (Wildman–Crippen LogP) is 7.02. The number of fused-ring (bicyclic) bond motifs is 2. The van der Waals surface area contributed by atoms with Gasteiger partial charge in [-0.25, -0.2) is 0 Å². The fourth-order valence-electron chi connectivity index (χ4n) is 10.1. The molecule has 0 saturated carbocycles. The summed E-state index contributed by atoms with van der Waals surface area (Å²) in [6.07, 6.45) is 3.39. The van der Waals surface area contributed by atoms with E-state index in [1.54, 1.807) is 48.5 Å². The first-order chi connectivity index (χ1) is 35.6. The summed E-state index contributed by atoms with van der Waals surface area (Å²) in [4.78, 5) is 72.9. The third-order valence-corrected chi connectivity index (χ3v) is 14.7. The minimum atomic E-state index is -0.930. The Kier molecular flexibility index (Phi) is 23.4. The van der Waals surface area contributed by atoms with Crippen LogP contribution in [0.3, 0.4) is 0 Å². The van der Waals surface area contributed by atoms with Crippen molar-refractivity contribution >= 4 is 35.6 Å². The van der Waals surface area contributed by atoms with Crippen LogP contribution < -0.4 is 51.4 Å². The predicted molar refractivity (Wildman–Crippen MR) is 285 cm³/mol.